The van der Waals surface area contributed by atoms with Crippen molar-refractivity contribution in [2.24, 2.45) is 0 Å². The van der Waals surface area contributed by atoms with Crippen LogP contribution in [-0.4, -0.2) is 32.7 Å². The number of amides is 1. The summed E-state index contributed by atoms with van der Waals surface area (Å²) in [6.45, 7) is 0. The van der Waals surface area contributed by atoms with Crippen LogP contribution in [0.25, 0.3) is 22.4 Å². The molecule has 0 bridgehead atoms. The average molecular weight is 481 g/mol. The highest BCUT2D eigenvalue weighted by atomic mass is 35.5. The minimum absolute atomic E-state index is 0.130. The number of ether oxygens (including phenoxy) is 1. The third kappa shape index (κ3) is 4.94. The van der Waals surface area contributed by atoms with Crippen LogP contribution >= 0.6 is 11.6 Å². The molecule has 8 heteroatoms. The maximum atomic E-state index is 13.2. The van der Waals surface area contributed by atoms with Gasteiger partial charge in [0.15, 0.2) is 9.84 Å². The molecule has 0 saturated carbocycles. The molecular formula is C25H21ClN2O4S. The van der Waals surface area contributed by atoms with Crippen molar-refractivity contribution < 1.29 is 17.9 Å². The maximum Gasteiger partial charge on any atom is 0.256 e. The number of sulfone groups is 1. The SMILES string of the molecule is COc1ccc(-c2cc(S(C)(=O)=O)ccc2C(=O)Nc2ccc(Cl)c(-c3ccc[nH]3)c2)cc1. The maximum absolute atomic E-state index is 13.2. The van der Waals surface area contributed by atoms with Crippen molar-refractivity contribution in [2.45, 2.75) is 4.90 Å². The smallest absolute Gasteiger partial charge is 0.256 e. The van der Waals surface area contributed by atoms with E-state index in [2.05, 4.69) is 10.3 Å². The predicted molar refractivity (Wildman–Crippen MR) is 131 cm³/mol. The lowest BCUT2D eigenvalue weighted by Crippen LogP contribution is -2.14. The molecule has 0 aliphatic heterocycles. The monoisotopic (exact) mass is 480 g/mol. The van der Waals surface area contributed by atoms with Gasteiger partial charge in [-0.1, -0.05) is 23.7 Å². The summed E-state index contributed by atoms with van der Waals surface area (Å²) in [6.07, 6.45) is 2.93. The lowest BCUT2D eigenvalue weighted by atomic mass is 9.99. The second kappa shape index (κ2) is 9.13. The summed E-state index contributed by atoms with van der Waals surface area (Å²) in [6, 6.07) is 20.5. The van der Waals surface area contributed by atoms with Crippen LogP contribution in [0.3, 0.4) is 0 Å². The van der Waals surface area contributed by atoms with Gasteiger partial charge in [-0.2, -0.15) is 0 Å². The van der Waals surface area contributed by atoms with E-state index < -0.39 is 9.84 Å². The zero-order chi connectivity index (χ0) is 23.6. The van der Waals surface area contributed by atoms with Gasteiger partial charge in [-0.3, -0.25) is 4.79 Å². The van der Waals surface area contributed by atoms with Crippen molar-refractivity contribution in [1.82, 2.24) is 4.98 Å². The van der Waals surface area contributed by atoms with E-state index in [9.17, 15) is 13.2 Å². The molecule has 0 fully saturated rings. The van der Waals surface area contributed by atoms with E-state index in [1.54, 1.807) is 55.8 Å². The molecule has 168 valence electrons. The molecule has 0 unspecified atom stereocenters. The highest BCUT2D eigenvalue weighted by Crippen LogP contribution is 2.32. The van der Waals surface area contributed by atoms with E-state index in [0.29, 0.717) is 33.1 Å². The molecule has 1 heterocycles. The fourth-order valence-electron chi connectivity index (χ4n) is 3.47. The van der Waals surface area contributed by atoms with E-state index in [1.807, 2.05) is 12.1 Å². The van der Waals surface area contributed by atoms with Crippen LogP contribution in [0.2, 0.25) is 5.02 Å². The number of halogens is 1. The molecule has 3 aromatic carbocycles. The number of aromatic amines is 1. The lowest BCUT2D eigenvalue weighted by Gasteiger charge is -2.14. The fraction of sp³-hybridized carbons (Fsp3) is 0.0800. The molecule has 2 N–H and O–H groups in total. The first-order valence-electron chi connectivity index (χ1n) is 9.99. The largest absolute Gasteiger partial charge is 0.497 e. The summed E-state index contributed by atoms with van der Waals surface area (Å²) in [7, 11) is -1.90. The topological polar surface area (TPSA) is 88.3 Å². The van der Waals surface area contributed by atoms with E-state index in [4.69, 9.17) is 16.3 Å². The molecule has 0 radical (unpaired) electrons. The number of hydrogen-bond acceptors (Lipinski definition) is 4. The Morgan fingerprint density at radius 1 is 0.970 bits per heavy atom. The molecule has 0 aliphatic carbocycles. The Balaban J connectivity index is 1.73. The standard InChI is InChI=1S/C25H21ClN2O4S/c1-32-18-8-5-16(6-9-18)21-15-19(33(2,30)31)10-11-20(21)25(29)28-17-7-12-23(26)22(14-17)24-4-3-13-27-24/h3-15,27H,1-2H3,(H,28,29). The first-order valence-corrected chi connectivity index (χ1v) is 12.3. The Morgan fingerprint density at radius 3 is 2.36 bits per heavy atom. The summed E-state index contributed by atoms with van der Waals surface area (Å²) in [5.74, 6) is 0.280. The number of aromatic nitrogens is 1. The number of benzene rings is 3. The normalized spacial score (nSPS) is 11.2. The zero-order valence-corrected chi connectivity index (χ0v) is 19.5. The highest BCUT2D eigenvalue weighted by Gasteiger charge is 2.18. The molecule has 0 atom stereocenters. The molecule has 1 amide bonds. The van der Waals surface area contributed by atoms with Gasteiger partial charge in [0.25, 0.3) is 5.91 Å². The van der Waals surface area contributed by atoms with Gasteiger partial charge >= 0.3 is 0 Å². The Kier molecular flexibility index (Phi) is 6.26. The van der Waals surface area contributed by atoms with Crippen molar-refractivity contribution in [1.29, 1.82) is 0 Å². The Hall–Kier alpha value is -3.55. The quantitative estimate of drug-likeness (QED) is 0.372. The molecule has 4 aromatic rings. The molecule has 6 nitrogen and oxygen atoms in total. The van der Waals surface area contributed by atoms with Gasteiger partial charge in [-0.25, -0.2) is 8.42 Å². The van der Waals surface area contributed by atoms with Gasteiger partial charge in [0.2, 0.25) is 0 Å². The summed E-state index contributed by atoms with van der Waals surface area (Å²) >= 11 is 6.33. The first-order chi connectivity index (χ1) is 15.8. The molecule has 0 saturated heterocycles. The van der Waals surface area contributed by atoms with Crippen LogP contribution in [0.15, 0.2) is 83.9 Å². The molecule has 33 heavy (non-hydrogen) atoms. The van der Waals surface area contributed by atoms with Crippen molar-refractivity contribution in [3.05, 3.63) is 89.6 Å². The summed E-state index contributed by atoms with van der Waals surface area (Å²) in [4.78, 5) is 16.5. The van der Waals surface area contributed by atoms with Crippen LogP contribution in [0, 0.1) is 0 Å². The van der Waals surface area contributed by atoms with Gasteiger partial charge in [0.1, 0.15) is 5.75 Å². The van der Waals surface area contributed by atoms with Crippen molar-refractivity contribution in [2.75, 3.05) is 18.7 Å². The van der Waals surface area contributed by atoms with Gasteiger partial charge in [0, 0.05) is 35.0 Å². The second-order valence-corrected chi connectivity index (χ2v) is 9.86. The van der Waals surface area contributed by atoms with E-state index >= 15 is 0 Å². The lowest BCUT2D eigenvalue weighted by molar-refractivity contribution is 0.102. The van der Waals surface area contributed by atoms with Crippen molar-refractivity contribution in [3.8, 4) is 28.1 Å². The third-order valence-electron chi connectivity index (χ3n) is 5.18. The Bertz CT molecular complexity index is 1410. The number of anilines is 1. The molecule has 0 spiro atoms. The molecular weight excluding hydrogens is 460 g/mol. The zero-order valence-electron chi connectivity index (χ0n) is 17.9. The summed E-state index contributed by atoms with van der Waals surface area (Å²) in [5.41, 5.74) is 3.66. The second-order valence-electron chi connectivity index (χ2n) is 7.44. The number of rotatable bonds is 6. The highest BCUT2D eigenvalue weighted by molar-refractivity contribution is 7.90. The van der Waals surface area contributed by atoms with E-state index in [-0.39, 0.29) is 10.8 Å². The van der Waals surface area contributed by atoms with Crippen molar-refractivity contribution >= 4 is 33.0 Å². The van der Waals surface area contributed by atoms with E-state index in [1.165, 1.54) is 18.2 Å². The molecule has 4 rings (SSSR count). The van der Waals surface area contributed by atoms with Crippen LogP contribution in [-0.2, 0) is 9.84 Å². The third-order valence-corrected chi connectivity index (χ3v) is 6.62. The van der Waals surface area contributed by atoms with Gasteiger partial charge in [-0.15, -0.1) is 0 Å². The molecule has 0 aliphatic rings. The van der Waals surface area contributed by atoms with Gasteiger partial charge < -0.3 is 15.0 Å². The number of hydrogen-bond donors (Lipinski definition) is 2. The van der Waals surface area contributed by atoms with Crippen LogP contribution in [0.1, 0.15) is 10.4 Å². The van der Waals surface area contributed by atoms with Gasteiger partial charge in [-0.05, 0) is 71.8 Å². The van der Waals surface area contributed by atoms with Crippen LogP contribution in [0.4, 0.5) is 5.69 Å². The fourth-order valence-corrected chi connectivity index (χ4v) is 4.33. The number of carbonyl (C=O) groups excluding carboxylic acids is 1. The summed E-state index contributed by atoms with van der Waals surface area (Å²) < 4.78 is 29.5. The van der Waals surface area contributed by atoms with Crippen molar-refractivity contribution in [3.63, 3.8) is 0 Å². The van der Waals surface area contributed by atoms with Crippen LogP contribution < -0.4 is 10.1 Å². The van der Waals surface area contributed by atoms with Gasteiger partial charge in [0.05, 0.1) is 17.0 Å². The predicted octanol–water partition coefficient (Wildman–Crippen LogP) is 5.67. The number of carbonyl (C=O) groups is 1. The average Bonchev–Trinajstić information content (AvgIpc) is 3.34. The van der Waals surface area contributed by atoms with E-state index in [0.717, 1.165) is 17.5 Å². The minimum atomic E-state index is -3.46. The number of nitrogens with one attached hydrogen (secondary N) is 2. The Morgan fingerprint density at radius 2 is 1.73 bits per heavy atom. The first kappa shape index (κ1) is 22.6. The van der Waals surface area contributed by atoms with Crippen LogP contribution in [0.5, 0.6) is 5.75 Å². The summed E-state index contributed by atoms with van der Waals surface area (Å²) in [5, 5.41) is 3.44. The Labute approximate surface area is 197 Å². The number of methoxy groups -OCH3 is 1. The number of H-pyrrole nitrogens is 1. The molecule has 1 aromatic heterocycles. The minimum Gasteiger partial charge on any atom is -0.497 e.